The molecule has 2 aromatic carbocycles. The highest BCUT2D eigenvalue weighted by atomic mass is 31.2. The lowest BCUT2D eigenvalue weighted by Crippen LogP contribution is -2.21. The van der Waals surface area contributed by atoms with E-state index in [4.69, 9.17) is 0 Å². The molecule has 1 aromatic heterocycles. The summed E-state index contributed by atoms with van der Waals surface area (Å²) in [4.78, 5) is 3.95. The van der Waals surface area contributed by atoms with E-state index in [0.29, 0.717) is 16.2 Å². The molecule has 0 unspecified atom stereocenters. The quantitative estimate of drug-likeness (QED) is 0.754. The zero-order valence-electron chi connectivity index (χ0n) is 11.9. The summed E-state index contributed by atoms with van der Waals surface area (Å²) in [6.07, 6.45) is 3.19. The van der Waals surface area contributed by atoms with Gasteiger partial charge in [0, 0.05) is 23.0 Å². The molecule has 1 heterocycles. The Bertz CT molecular complexity index is 732. The summed E-state index contributed by atoms with van der Waals surface area (Å²) < 4.78 is 13.8. The number of nitrogens with zero attached hydrogens (tertiary/aromatic N) is 1. The van der Waals surface area contributed by atoms with Gasteiger partial charge in [0.15, 0.2) is 7.14 Å². The summed E-state index contributed by atoms with van der Waals surface area (Å²) in [6, 6.07) is 21.7. The van der Waals surface area contributed by atoms with Crippen LogP contribution in [0.15, 0.2) is 85.2 Å². The average molecular weight is 309 g/mol. The van der Waals surface area contributed by atoms with E-state index in [1.165, 1.54) is 0 Å². The second-order valence-electron chi connectivity index (χ2n) is 4.98. The maximum absolute atomic E-state index is 13.8. The van der Waals surface area contributed by atoms with Crippen molar-refractivity contribution in [1.82, 2.24) is 4.98 Å². The topological polar surface area (TPSA) is 50.2 Å². The van der Waals surface area contributed by atoms with Crippen molar-refractivity contribution in [3.8, 4) is 0 Å². The van der Waals surface area contributed by atoms with Crippen LogP contribution in [-0.4, -0.2) is 10.1 Å². The van der Waals surface area contributed by atoms with Gasteiger partial charge in [0.25, 0.3) is 0 Å². The molecule has 0 amide bonds. The fourth-order valence-electron chi connectivity index (χ4n) is 2.48. The van der Waals surface area contributed by atoms with Crippen molar-refractivity contribution in [3.63, 3.8) is 0 Å². The van der Waals surface area contributed by atoms with E-state index in [1.54, 1.807) is 48.8 Å². The van der Waals surface area contributed by atoms with Crippen LogP contribution in [-0.2, 0) is 4.57 Å². The number of aromatic nitrogens is 1. The van der Waals surface area contributed by atoms with Gasteiger partial charge in [0.1, 0.15) is 5.85 Å². The van der Waals surface area contributed by atoms with Crippen LogP contribution in [0.2, 0.25) is 0 Å². The number of benzene rings is 2. The predicted molar refractivity (Wildman–Crippen MR) is 89.0 cm³/mol. The second-order valence-corrected chi connectivity index (χ2v) is 7.82. The molecule has 4 heteroatoms. The monoisotopic (exact) mass is 309 g/mol. The van der Waals surface area contributed by atoms with Gasteiger partial charge in [0.05, 0.1) is 0 Å². The molecule has 0 aliphatic heterocycles. The molecule has 1 N–H and O–H groups in total. The van der Waals surface area contributed by atoms with Gasteiger partial charge in [-0.2, -0.15) is 0 Å². The van der Waals surface area contributed by atoms with Crippen LogP contribution in [0.1, 0.15) is 11.4 Å². The fraction of sp³-hybridized carbons (Fsp3) is 0.0556. The molecule has 0 spiro atoms. The van der Waals surface area contributed by atoms with Crippen molar-refractivity contribution in [2.75, 3.05) is 0 Å². The van der Waals surface area contributed by atoms with Crippen molar-refractivity contribution < 1.29 is 9.67 Å². The van der Waals surface area contributed by atoms with E-state index in [0.717, 1.165) is 0 Å². The Kier molecular flexibility index (Phi) is 4.19. The van der Waals surface area contributed by atoms with Gasteiger partial charge in [0.2, 0.25) is 0 Å². The minimum atomic E-state index is -3.21. The van der Waals surface area contributed by atoms with Crippen LogP contribution in [0.3, 0.4) is 0 Å². The molecule has 0 saturated carbocycles. The second kappa shape index (κ2) is 6.27. The molecule has 0 saturated heterocycles. The molecule has 0 fully saturated rings. The van der Waals surface area contributed by atoms with Gasteiger partial charge in [-0.05, 0) is 17.7 Å². The Labute approximate surface area is 129 Å². The summed E-state index contributed by atoms with van der Waals surface area (Å²) in [5.74, 6) is -1.10. The van der Waals surface area contributed by atoms with E-state index < -0.39 is 13.0 Å². The lowest BCUT2D eigenvalue weighted by atomic mass is 10.3. The van der Waals surface area contributed by atoms with Crippen LogP contribution in [0, 0.1) is 0 Å². The minimum Gasteiger partial charge on any atom is -0.380 e. The molecular weight excluding hydrogens is 293 g/mol. The van der Waals surface area contributed by atoms with Crippen LogP contribution in [0.25, 0.3) is 0 Å². The summed E-state index contributed by atoms with van der Waals surface area (Å²) in [6.45, 7) is 0. The van der Waals surface area contributed by atoms with Gasteiger partial charge in [-0.25, -0.2) is 0 Å². The average Bonchev–Trinajstić information content (AvgIpc) is 2.62. The van der Waals surface area contributed by atoms with Gasteiger partial charge in [-0.1, -0.05) is 60.7 Å². The first-order valence-electron chi connectivity index (χ1n) is 7.02. The first-order valence-corrected chi connectivity index (χ1v) is 8.79. The van der Waals surface area contributed by atoms with Gasteiger partial charge >= 0.3 is 0 Å². The fourth-order valence-corrected chi connectivity index (χ4v) is 5.16. The standard InChI is InChI=1S/C18H16NO2P/c20-18(15-11-13-19-14-12-15)22(21,16-7-3-1-4-8-16)17-9-5-2-6-10-17/h1-14,18,20H/t18-/m1/s1. The summed E-state index contributed by atoms with van der Waals surface area (Å²) in [7, 11) is -3.21. The van der Waals surface area contributed by atoms with Gasteiger partial charge in [-0.3, -0.25) is 4.98 Å². The lowest BCUT2D eigenvalue weighted by Gasteiger charge is -2.25. The maximum atomic E-state index is 13.8. The molecule has 0 aliphatic rings. The smallest absolute Gasteiger partial charge is 0.174 e. The first-order chi connectivity index (χ1) is 10.7. The van der Waals surface area contributed by atoms with E-state index >= 15 is 0 Å². The molecule has 3 nitrogen and oxygen atoms in total. The van der Waals surface area contributed by atoms with Crippen LogP contribution in [0.5, 0.6) is 0 Å². The molecule has 3 aromatic rings. The highest BCUT2D eigenvalue weighted by molar-refractivity contribution is 7.78. The van der Waals surface area contributed by atoms with E-state index in [1.807, 2.05) is 36.4 Å². The number of aliphatic hydroxyl groups excluding tert-OH is 1. The van der Waals surface area contributed by atoms with E-state index in [9.17, 15) is 9.67 Å². The summed E-state index contributed by atoms with van der Waals surface area (Å²) in [5, 5.41) is 12.1. The van der Waals surface area contributed by atoms with Crippen molar-refractivity contribution >= 4 is 17.8 Å². The zero-order valence-corrected chi connectivity index (χ0v) is 12.8. The molecule has 3 rings (SSSR count). The number of hydrogen-bond donors (Lipinski definition) is 1. The molecule has 22 heavy (non-hydrogen) atoms. The third-order valence-electron chi connectivity index (χ3n) is 3.63. The van der Waals surface area contributed by atoms with Crippen LogP contribution in [0.4, 0.5) is 0 Å². The first kappa shape index (κ1) is 14.7. The number of hydrogen-bond acceptors (Lipinski definition) is 3. The Morgan fingerprint density at radius 1 is 0.773 bits per heavy atom. The highest BCUT2D eigenvalue weighted by Gasteiger charge is 2.36. The highest BCUT2D eigenvalue weighted by Crippen LogP contribution is 2.55. The molecular formula is C18H16NO2P. The SMILES string of the molecule is O=P(c1ccccc1)(c1ccccc1)[C@@H](O)c1ccncc1. The predicted octanol–water partition coefficient (Wildman–Crippen LogP) is 3.09. The Hall–Kier alpha value is -2.22. The van der Waals surface area contributed by atoms with Crippen LogP contribution >= 0.6 is 7.14 Å². The Balaban J connectivity index is 2.18. The van der Waals surface area contributed by atoms with Crippen molar-refractivity contribution in [2.45, 2.75) is 5.85 Å². The number of pyridine rings is 1. The van der Waals surface area contributed by atoms with E-state index in [-0.39, 0.29) is 0 Å². The number of aliphatic hydroxyl groups is 1. The third-order valence-corrected chi connectivity index (χ3v) is 6.75. The Morgan fingerprint density at radius 3 is 1.68 bits per heavy atom. The molecule has 1 atom stereocenters. The normalized spacial score (nSPS) is 12.8. The van der Waals surface area contributed by atoms with Crippen molar-refractivity contribution in [3.05, 3.63) is 90.8 Å². The molecule has 110 valence electrons. The van der Waals surface area contributed by atoms with Crippen LogP contribution < -0.4 is 10.6 Å². The van der Waals surface area contributed by atoms with E-state index in [2.05, 4.69) is 4.98 Å². The molecule has 0 radical (unpaired) electrons. The third kappa shape index (κ3) is 2.61. The molecule has 0 bridgehead atoms. The maximum Gasteiger partial charge on any atom is 0.174 e. The summed E-state index contributed by atoms with van der Waals surface area (Å²) in [5.41, 5.74) is 0.603. The van der Waals surface area contributed by atoms with Gasteiger partial charge in [-0.15, -0.1) is 0 Å². The largest absolute Gasteiger partial charge is 0.380 e. The lowest BCUT2D eigenvalue weighted by molar-refractivity contribution is 0.256. The Morgan fingerprint density at radius 2 is 1.23 bits per heavy atom. The number of rotatable bonds is 4. The molecule has 0 aliphatic carbocycles. The summed E-state index contributed by atoms with van der Waals surface area (Å²) >= 11 is 0. The van der Waals surface area contributed by atoms with Crippen molar-refractivity contribution in [1.29, 1.82) is 0 Å². The van der Waals surface area contributed by atoms with Crippen molar-refractivity contribution in [2.24, 2.45) is 0 Å². The zero-order chi connectivity index (χ0) is 15.4. The van der Waals surface area contributed by atoms with Gasteiger partial charge < -0.3 is 9.67 Å². The minimum absolute atomic E-state index is 0.603.